The average molecular weight is 633 g/mol. The number of benzene rings is 2. The van der Waals surface area contributed by atoms with E-state index in [0.717, 1.165) is 36.9 Å². The van der Waals surface area contributed by atoms with Gasteiger partial charge in [0.05, 0.1) is 19.7 Å². The Morgan fingerprint density at radius 2 is 1.89 bits per heavy atom. The first-order valence-corrected chi connectivity index (χ1v) is 16.3. The molecule has 10 nitrogen and oxygen atoms in total. The van der Waals surface area contributed by atoms with E-state index < -0.39 is 41.7 Å². The van der Waals surface area contributed by atoms with E-state index in [0.29, 0.717) is 18.4 Å². The number of carbonyl (C=O) groups is 4. The molecular formula is C35H41FN4O6. The van der Waals surface area contributed by atoms with Gasteiger partial charge in [-0.1, -0.05) is 55.3 Å². The quantitative estimate of drug-likeness (QED) is 0.363. The molecule has 3 heterocycles. The lowest BCUT2D eigenvalue weighted by molar-refractivity contribution is -0.150. The number of nitrogens with one attached hydrogen (secondary N) is 2. The number of anilines is 1. The predicted octanol–water partition coefficient (Wildman–Crippen LogP) is 4.69. The van der Waals surface area contributed by atoms with Gasteiger partial charge in [0.2, 0.25) is 11.8 Å². The van der Waals surface area contributed by atoms with Crippen LogP contribution in [0.3, 0.4) is 0 Å². The van der Waals surface area contributed by atoms with E-state index in [-0.39, 0.29) is 50.3 Å². The third-order valence-electron chi connectivity index (χ3n) is 9.45. The monoisotopic (exact) mass is 632 g/mol. The lowest BCUT2D eigenvalue weighted by atomic mass is 10.0. The molecule has 4 aliphatic rings. The molecule has 5 atom stereocenters. The second-order valence-electron chi connectivity index (χ2n) is 12.6. The van der Waals surface area contributed by atoms with Gasteiger partial charge in [-0.3, -0.25) is 14.5 Å². The number of carbonyl (C=O) groups excluding carboxylic acids is 4. The summed E-state index contributed by atoms with van der Waals surface area (Å²) in [6.07, 6.45) is 7.15. The van der Waals surface area contributed by atoms with Crippen LogP contribution in [-0.4, -0.2) is 70.6 Å². The molecule has 6 rings (SSSR count). The first kappa shape index (κ1) is 31.6. The van der Waals surface area contributed by atoms with E-state index in [2.05, 4.69) is 16.7 Å². The summed E-state index contributed by atoms with van der Waals surface area (Å²) in [6.45, 7) is 2.21. The van der Waals surface area contributed by atoms with Crippen LogP contribution in [0.1, 0.15) is 63.0 Å². The van der Waals surface area contributed by atoms with Gasteiger partial charge in [-0.2, -0.15) is 0 Å². The van der Waals surface area contributed by atoms with Gasteiger partial charge in [0, 0.05) is 30.1 Å². The third kappa shape index (κ3) is 6.59. The molecule has 0 radical (unpaired) electrons. The van der Waals surface area contributed by atoms with E-state index >= 15 is 0 Å². The molecule has 244 valence electrons. The van der Waals surface area contributed by atoms with Crippen molar-refractivity contribution in [3.63, 3.8) is 0 Å². The zero-order chi connectivity index (χ0) is 32.3. The summed E-state index contributed by atoms with van der Waals surface area (Å²) < 4.78 is 25.6. The number of allylic oxidation sites excluding steroid dienone is 1. The number of nitrogens with zero attached hydrogens (tertiary/aromatic N) is 2. The summed E-state index contributed by atoms with van der Waals surface area (Å²) in [7, 11) is 0. The molecular weight excluding hydrogens is 591 g/mol. The predicted molar refractivity (Wildman–Crippen MR) is 168 cm³/mol. The summed E-state index contributed by atoms with van der Waals surface area (Å²) in [5, 5.41) is 6.32. The van der Waals surface area contributed by atoms with Crippen LogP contribution in [0.25, 0.3) is 0 Å². The highest BCUT2D eigenvalue weighted by Gasteiger charge is 2.62. The molecule has 1 aliphatic carbocycles. The number of ether oxygens (including phenoxy) is 2. The van der Waals surface area contributed by atoms with Crippen LogP contribution in [0.15, 0.2) is 60.7 Å². The van der Waals surface area contributed by atoms with Crippen molar-refractivity contribution in [2.75, 3.05) is 18.5 Å². The number of esters is 1. The normalized spacial score (nSPS) is 27.8. The fourth-order valence-electron chi connectivity index (χ4n) is 6.86. The Bertz CT molecular complexity index is 1500. The number of hydrogen-bond acceptors (Lipinski definition) is 7. The van der Waals surface area contributed by atoms with Crippen molar-refractivity contribution < 1.29 is 33.0 Å². The number of halogens is 1. The molecule has 1 saturated heterocycles. The Morgan fingerprint density at radius 3 is 2.67 bits per heavy atom. The van der Waals surface area contributed by atoms with Crippen LogP contribution in [-0.2, 0) is 36.9 Å². The fraction of sp³-hybridized carbons (Fsp3) is 0.486. The summed E-state index contributed by atoms with van der Waals surface area (Å²) in [5.41, 5.74) is 0.770. The summed E-state index contributed by atoms with van der Waals surface area (Å²) in [5.74, 6) is -1.83. The molecule has 0 aromatic heterocycles. The van der Waals surface area contributed by atoms with Gasteiger partial charge in [0.25, 0.3) is 0 Å². The van der Waals surface area contributed by atoms with Gasteiger partial charge in [0.15, 0.2) is 0 Å². The Hall–Kier alpha value is -4.41. The Balaban J connectivity index is 1.25. The molecule has 0 spiro atoms. The Kier molecular flexibility index (Phi) is 9.28. The van der Waals surface area contributed by atoms with Crippen molar-refractivity contribution >= 4 is 29.6 Å². The van der Waals surface area contributed by atoms with E-state index in [1.807, 2.05) is 36.4 Å². The summed E-state index contributed by atoms with van der Waals surface area (Å²) in [6, 6.07) is 12.6. The van der Waals surface area contributed by atoms with Gasteiger partial charge >= 0.3 is 12.1 Å². The second kappa shape index (κ2) is 13.5. The molecule has 46 heavy (non-hydrogen) atoms. The Labute approximate surface area is 268 Å². The van der Waals surface area contributed by atoms with E-state index in [1.165, 1.54) is 15.9 Å². The minimum absolute atomic E-state index is 0.0144. The van der Waals surface area contributed by atoms with E-state index in [9.17, 15) is 23.6 Å². The molecule has 2 N–H and O–H groups in total. The molecule has 3 amide bonds. The zero-order valence-electron chi connectivity index (χ0n) is 26.1. The fourth-order valence-corrected chi connectivity index (χ4v) is 6.86. The van der Waals surface area contributed by atoms with Gasteiger partial charge in [0.1, 0.15) is 29.5 Å². The lowest BCUT2D eigenvalue weighted by Crippen LogP contribution is -2.55. The van der Waals surface area contributed by atoms with Crippen LogP contribution in [0.5, 0.6) is 0 Å². The molecule has 2 aromatic carbocycles. The molecule has 1 saturated carbocycles. The van der Waals surface area contributed by atoms with E-state index in [4.69, 9.17) is 9.47 Å². The molecule has 2 fully saturated rings. The maximum atomic E-state index is 14.3. The van der Waals surface area contributed by atoms with Crippen molar-refractivity contribution in [1.82, 2.24) is 15.1 Å². The van der Waals surface area contributed by atoms with Crippen LogP contribution >= 0.6 is 0 Å². The lowest BCUT2D eigenvalue weighted by Gasteiger charge is -2.30. The number of fused-ring (bicyclic) bond motifs is 3. The smallest absolute Gasteiger partial charge is 0.410 e. The topological polar surface area (TPSA) is 117 Å². The number of amides is 3. The van der Waals surface area contributed by atoms with Crippen molar-refractivity contribution in [3.8, 4) is 0 Å². The van der Waals surface area contributed by atoms with Gasteiger partial charge < -0.3 is 25.0 Å². The zero-order valence-corrected chi connectivity index (χ0v) is 26.1. The maximum absolute atomic E-state index is 14.3. The largest absolute Gasteiger partial charge is 0.464 e. The first-order valence-electron chi connectivity index (χ1n) is 16.3. The molecule has 0 unspecified atom stereocenters. The van der Waals surface area contributed by atoms with Gasteiger partial charge in [-0.05, 0) is 56.4 Å². The maximum Gasteiger partial charge on any atom is 0.410 e. The standard InChI is InChI=1S/C35H41FN4O6/c1-2-45-33(43)35-19-24(35)13-7-4-3-5-10-17-29(37-25-14-8-6-9-15-25)32(42)40-21-26(18-30(40)31(41)38-35)46-34(44)39-20-23-12-11-16-28(36)27(23)22-39/h6-9,11-16,24,26,29-30,37H,2-5,10,17-22H2,1H3,(H,38,41)/t24-,26-,29+,30+,35-/m1/s1. The summed E-state index contributed by atoms with van der Waals surface area (Å²) >= 11 is 0. The minimum atomic E-state index is -1.19. The van der Waals surface area contributed by atoms with E-state index in [1.54, 1.807) is 19.1 Å². The van der Waals surface area contributed by atoms with Crippen molar-refractivity contribution in [2.24, 2.45) is 5.92 Å². The minimum Gasteiger partial charge on any atom is -0.464 e. The number of hydrogen-bond donors (Lipinski definition) is 2. The highest BCUT2D eigenvalue weighted by Crippen LogP contribution is 2.46. The van der Waals surface area contributed by atoms with Crippen molar-refractivity contribution in [1.29, 1.82) is 0 Å². The van der Waals surface area contributed by atoms with Crippen LogP contribution < -0.4 is 10.6 Å². The van der Waals surface area contributed by atoms with Crippen molar-refractivity contribution in [2.45, 2.75) is 88.7 Å². The van der Waals surface area contributed by atoms with Crippen LogP contribution in [0.2, 0.25) is 0 Å². The second-order valence-corrected chi connectivity index (χ2v) is 12.6. The SMILES string of the molecule is CCOC(=O)[C@@]12C[C@H]1C=CCCCCC[C@H](Nc1ccccc1)C(=O)N1C[C@H](OC(=O)N3Cc4cccc(F)c4C3)C[C@H]1C(=O)N2. The number of para-hydroxylation sites is 1. The molecule has 0 bridgehead atoms. The number of rotatable bonds is 5. The molecule has 2 aromatic rings. The van der Waals surface area contributed by atoms with Gasteiger partial charge in [-0.15, -0.1) is 0 Å². The average Bonchev–Trinajstić information content (AvgIpc) is 3.35. The molecule has 11 heteroatoms. The highest BCUT2D eigenvalue weighted by molar-refractivity contribution is 5.96. The first-order chi connectivity index (χ1) is 22.3. The highest BCUT2D eigenvalue weighted by atomic mass is 19.1. The van der Waals surface area contributed by atoms with Crippen LogP contribution in [0, 0.1) is 11.7 Å². The van der Waals surface area contributed by atoms with Crippen LogP contribution in [0.4, 0.5) is 14.9 Å². The Morgan fingerprint density at radius 1 is 1.07 bits per heavy atom. The van der Waals surface area contributed by atoms with Gasteiger partial charge in [-0.25, -0.2) is 14.0 Å². The molecule has 3 aliphatic heterocycles. The third-order valence-corrected chi connectivity index (χ3v) is 9.45. The van der Waals surface area contributed by atoms with Crippen molar-refractivity contribution in [3.05, 3.63) is 77.6 Å². The summed E-state index contributed by atoms with van der Waals surface area (Å²) in [4.78, 5) is 57.6.